The number of ether oxygens (including phenoxy) is 2. The molecule has 1 aliphatic rings. The van der Waals surface area contributed by atoms with Crippen LogP contribution in [0.2, 0.25) is 0 Å². The molecule has 2 atom stereocenters. The summed E-state index contributed by atoms with van der Waals surface area (Å²) in [5, 5.41) is 15.8. The summed E-state index contributed by atoms with van der Waals surface area (Å²) in [7, 11) is 1.46. The molecule has 1 amide bonds. The second kappa shape index (κ2) is 9.63. The predicted molar refractivity (Wildman–Crippen MR) is 106 cm³/mol. The van der Waals surface area contributed by atoms with Gasteiger partial charge < -0.3 is 19.7 Å². The Bertz CT molecular complexity index is 806. The molecule has 0 bridgehead atoms. The SMILES string of the molecule is COc1ccc([N+](=O)[O-])cc1NC(=O)C[NH+](Cc1cccs1)C[C@H]1CCCO1. The molecule has 0 saturated carbocycles. The van der Waals surface area contributed by atoms with Gasteiger partial charge in [0, 0.05) is 18.7 Å². The number of nitrogens with one attached hydrogen (secondary N) is 2. The van der Waals surface area contributed by atoms with Gasteiger partial charge in [0.15, 0.2) is 6.54 Å². The van der Waals surface area contributed by atoms with Crippen LogP contribution in [0.15, 0.2) is 35.7 Å². The van der Waals surface area contributed by atoms with Crippen LogP contribution in [-0.4, -0.2) is 43.7 Å². The molecule has 8 nitrogen and oxygen atoms in total. The van der Waals surface area contributed by atoms with Crippen LogP contribution < -0.4 is 15.0 Å². The first-order chi connectivity index (χ1) is 13.5. The number of carbonyl (C=O) groups excluding carboxylic acids is 1. The van der Waals surface area contributed by atoms with Gasteiger partial charge in [0.05, 0.1) is 22.6 Å². The number of carbonyl (C=O) groups is 1. The minimum atomic E-state index is -0.499. The third kappa shape index (κ3) is 5.51. The number of anilines is 1. The number of quaternary nitrogens is 1. The summed E-state index contributed by atoms with van der Waals surface area (Å²) in [5.74, 6) is 0.168. The fraction of sp³-hybridized carbons (Fsp3) is 0.421. The maximum Gasteiger partial charge on any atom is 0.279 e. The molecule has 28 heavy (non-hydrogen) atoms. The van der Waals surface area contributed by atoms with E-state index in [1.807, 2.05) is 11.4 Å². The third-order valence-electron chi connectivity index (χ3n) is 4.62. The summed E-state index contributed by atoms with van der Waals surface area (Å²) in [6.07, 6.45) is 2.22. The summed E-state index contributed by atoms with van der Waals surface area (Å²) in [4.78, 5) is 25.5. The normalized spacial score (nSPS) is 17.2. The number of methoxy groups -OCH3 is 1. The van der Waals surface area contributed by atoms with E-state index in [4.69, 9.17) is 9.47 Å². The van der Waals surface area contributed by atoms with Crippen molar-refractivity contribution >= 4 is 28.6 Å². The Hall–Kier alpha value is -2.49. The molecule has 1 saturated heterocycles. The summed E-state index contributed by atoms with van der Waals surface area (Å²) >= 11 is 1.66. The first-order valence-corrected chi connectivity index (χ1v) is 10.0. The van der Waals surface area contributed by atoms with Gasteiger partial charge in [0.25, 0.3) is 11.6 Å². The Morgan fingerprint density at radius 1 is 1.46 bits per heavy atom. The molecule has 150 valence electrons. The number of amides is 1. The topological polar surface area (TPSA) is 95.1 Å². The van der Waals surface area contributed by atoms with Gasteiger partial charge in [-0.3, -0.25) is 14.9 Å². The standard InChI is InChI=1S/C19H23N3O5S/c1-26-18-7-6-14(22(24)25)10-17(18)20-19(23)13-21(11-15-4-2-8-27-15)12-16-5-3-9-28-16/h3,5-7,9-10,15H,2,4,8,11-13H2,1H3,(H,20,23)/p+1/t15-/m1/s1. The minimum Gasteiger partial charge on any atom is -0.495 e. The molecule has 1 aromatic carbocycles. The molecule has 0 aliphatic carbocycles. The Kier molecular flexibility index (Phi) is 6.96. The Balaban J connectivity index is 1.68. The number of hydrogen-bond donors (Lipinski definition) is 2. The first kappa shape index (κ1) is 20.2. The average Bonchev–Trinajstić information content (AvgIpc) is 3.35. The van der Waals surface area contributed by atoms with E-state index in [0.717, 1.165) is 37.4 Å². The van der Waals surface area contributed by atoms with Gasteiger partial charge in [-0.2, -0.15) is 0 Å². The van der Waals surface area contributed by atoms with E-state index in [0.29, 0.717) is 11.4 Å². The van der Waals surface area contributed by atoms with E-state index in [9.17, 15) is 14.9 Å². The molecular formula is C19H24N3O5S+. The molecule has 1 fully saturated rings. The van der Waals surface area contributed by atoms with Gasteiger partial charge in [-0.1, -0.05) is 6.07 Å². The second-order valence-electron chi connectivity index (χ2n) is 6.71. The molecule has 9 heteroatoms. The zero-order valence-electron chi connectivity index (χ0n) is 15.7. The molecule has 1 aromatic heterocycles. The van der Waals surface area contributed by atoms with E-state index < -0.39 is 4.92 Å². The highest BCUT2D eigenvalue weighted by atomic mass is 32.1. The molecule has 2 aromatic rings. The van der Waals surface area contributed by atoms with Crippen LogP contribution in [0.3, 0.4) is 0 Å². The Labute approximate surface area is 167 Å². The summed E-state index contributed by atoms with van der Waals surface area (Å²) in [6.45, 7) is 2.49. The molecule has 2 heterocycles. The van der Waals surface area contributed by atoms with Crippen molar-refractivity contribution in [3.05, 3.63) is 50.7 Å². The number of hydrogen-bond acceptors (Lipinski definition) is 6. The van der Waals surface area contributed by atoms with Crippen molar-refractivity contribution in [2.45, 2.75) is 25.5 Å². The van der Waals surface area contributed by atoms with Crippen LogP contribution in [0.25, 0.3) is 0 Å². The smallest absolute Gasteiger partial charge is 0.279 e. The van der Waals surface area contributed by atoms with Gasteiger partial charge in [-0.15, -0.1) is 11.3 Å². The van der Waals surface area contributed by atoms with Crippen molar-refractivity contribution in [2.24, 2.45) is 0 Å². The molecule has 3 rings (SSSR count). The van der Waals surface area contributed by atoms with Crippen LogP contribution in [0, 0.1) is 10.1 Å². The number of benzene rings is 1. The third-order valence-corrected chi connectivity index (χ3v) is 5.50. The van der Waals surface area contributed by atoms with Gasteiger partial charge in [-0.25, -0.2) is 0 Å². The number of rotatable bonds is 9. The van der Waals surface area contributed by atoms with Gasteiger partial charge in [0.2, 0.25) is 0 Å². The van der Waals surface area contributed by atoms with E-state index >= 15 is 0 Å². The Morgan fingerprint density at radius 2 is 2.32 bits per heavy atom. The molecule has 1 unspecified atom stereocenters. The monoisotopic (exact) mass is 406 g/mol. The lowest BCUT2D eigenvalue weighted by Gasteiger charge is -2.21. The van der Waals surface area contributed by atoms with Crippen molar-refractivity contribution in [2.75, 3.05) is 32.1 Å². The highest BCUT2D eigenvalue weighted by molar-refractivity contribution is 7.09. The lowest BCUT2D eigenvalue weighted by atomic mass is 10.2. The van der Waals surface area contributed by atoms with Crippen molar-refractivity contribution in [1.29, 1.82) is 0 Å². The molecule has 1 aliphatic heterocycles. The van der Waals surface area contributed by atoms with Crippen molar-refractivity contribution in [1.82, 2.24) is 0 Å². The fourth-order valence-electron chi connectivity index (χ4n) is 3.32. The Morgan fingerprint density at radius 3 is 2.96 bits per heavy atom. The summed E-state index contributed by atoms with van der Waals surface area (Å²) in [5.41, 5.74) is 0.201. The zero-order valence-corrected chi connectivity index (χ0v) is 16.5. The maximum atomic E-state index is 12.7. The lowest BCUT2D eigenvalue weighted by molar-refractivity contribution is -0.908. The average molecular weight is 406 g/mol. The quantitative estimate of drug-likeness (QED) is 0.490. The second-order valence-corrected chi connectivity index (χ2v) is 7.74. The summed E-state index contributed by atoms with van der Waals surface area (Å²) in [6, 6.07) is 8.20. The number of nitro benzene ring substituents is 1. The van der Waals surface area contributed by atoms with Crippen molar-refractivity contribution in [3.8, 4) is 5.75 Å². The largest absolute Gasteiger partial charge is 0.495 e. The number of nitrogens with zero attached hydrogens (tertiary/aromatic N) is 1. The molecule has 0 spiro atoms. The van der Waals surface area contributed by atoms with E-state index in [1.165, 1.54) is 30.2 Å². The molecular weight excluding hydrogens is 382 g/mol. The number of nitro groups is 1. The van der Waals surface area contributed by atoms with Crippen molar-refractivity contribution < 1.29 is 24.1 Å². The molecule has 2 N–H and O–H groups in total. The highest BCUT2D eigenvalue weighted by Crippen LogP contribution is 2.28. The minimum absolute atomic E-state index is 0.0988. The predicted octanol–water partition coefficient (Wildman–Crippen LogP) is 1.87. The van der Waals surface area contributed by atoms with Gasteiger partial charge in [-0.05, 0) is 30.4 Å². The van der Waals surface area contributed by atoms with Crippen LogP contribution in [0.5, 0.6) is 5.75 Å². The highest BCUT2D eigenvalue weighted by Gasteiger charge is 2.25. The fourth-order valence-corrected chi connectivity index (χ4v) is 4.10. The van der Waals surface area contributed by atoms with Crippen LogP contribution in [-0.2, 0) is 16.1 Å². The van der Waals surface area contributed by atoms with E-state index in [2.05, 4.69) is 11.4 Å². The number of non-ortho nitro benzene ring substituents is 1. The lowest BCUT2D eigenvalue weighted by Crippen LogP contribution is -3.12. The summed E-state index contributed by atoms with van der Waals surface area (Å²) < 4.78 is 11.0. The molecule has 0 radical (unpaired) electrons. The van der Waals surface area contributed by atoms with Crippen LogP contribution in [0.4, 0.5) is 11.4 Å². The maximum absolute atomic E-state index is 12.7. The number of thiophene rings is 1. The van der Waals surface area contributed by atoms with Crippen LogP contribution >= 0.6 is 11.3 Å². The van der Waals surface area contributed by atoms with Crippen molar-refractivity contribution in [3.63, 3.8) is 0 Å². The van der Waals surface area contributed by atoms with Crippen LogP contribution in [0.1, 0.15) is 17.7 Å². The van der Waals surface area contributed by atoms with E-state index in [1.54, 1.807) is 11.3 Å². The zero-order chi connectivity index (χ0) is 19.9. The van der Waals surface area contributed by atoms with E-state index in [-0.39, 0.29) is 24.2 Å². The van der Waals surface area contributed by atoms with Gasteiger partial charge in [0.1, 0.15) is 24.9 Å². The van der Waals surface area contributed by atoms with Gasteiger partial charge >= 0.3 is 0 Å². The first-order valence-electron chi connectivity index (χ1n) is 9.15.